The zero-order valence-corrected chi connectivity index (χ0v) is 17.4. The Morgan fingerprint density at radius 3 is 2.00 bits per heavy atom. The first-order valence-electron chi connectivity index (χ1n) is 9.63. The van der Waals surface area contributed by atoms with E-state index in [4.69, 9.17) is 18.9 Å². The van der Waals surface area contributed by atoms with E-state index in [0.29, 0.717) is 13.2 Å². The maximum Gasteiger partial charge on any atom is 0.186 e. The van der Waals surface area contributed by atoms with Crippen LogP contribution in [0.4, 0.5) is 0 Å². The van der Waals surface area contributed by atoms with Crippen LogP contribution in [-0.2, 0) is 32.2 Å². The van der Waals surface area contributed by atoms with E-state index >= 15 is 0 Å². The summed E-state index contributed by atoms with van der Waals surface area (Å²) in [6.45, 7) is 4.54. The Kier molecular flexibility index (Phi) is 8.73. The molecule has 2 aromatic rings. The summed E-state index contributed by atoms with van der Waals surface area (Å²) < 4.78 is 24.1. The molecule has 0 aromatic heterocycles. The molecule has 6 heteroatoms. The molecule has 0 aliphatic carbocycles. The predicted octanol–water partition coefficient (Wildman–Crippen LogP) is 3.77. The van der Waals surface area contributed by atoms with Gasteiger partial charge in [0.2, 0.25) is 0 Å². The Hall–Kier alpha value is -1.67. The molecule has 0 saturated carbocycles. The van der Waals surface area contributed by atoms with Crippen molar-refractivity contribution in [3.05, 3.63) is 83.8 Å². The van der Waals surface area contributed by atoms with E-state index in [2.05, 4.69) is 6.58 Å². The van der Waals surface area contributed by atoms with Crippen molar-refractivity contribution in [3.63, 3.8) is 0 Å². The van der Waals surface area contributed by atoms with E-state index in [1.165, 1.54) is 11.8 Å². The third-order valence-corrected chi connectivity index (χ3v) is 5.91. The van der Waals surface area contributed by atoms with Crippen LogP contribution in [0.25, 0.3) is 0 Å². The molecule has 0 amide bonds. The number of hydrogen-bond donors (Lipinski definition) is 1. The van der Waals surface area contributed by atoms with E-state index < -0.39 is 18.5 Å². The third-order valence-electron chi connectivity index (χ3n) is 4.83. The number of hydrogen-bond acceptors (Lipinski definition) is 6. The maximum absolute atomic E-state index is 9.87. The molecule has 0 radical (unpaired) electrons. The molecule has 0 bridgehead atoms. The summed E-state index contributed by atoms with van der Waals surface area (Å²) in [4.78, 5) is 0. The Morgan fingerprint density at radius 1 is 0.966 bits per heavy atom. The van der Waals surface area contributed by atoms with E-state index in [9.17, 15) is 5.11 Å². The SMILES string of the molecule is C=CS[C@H]1[C@H](OCc2ccccc2)[C@@H](OCc2ccccc2)[C@@H](OC)O[C@@H]1CO. The van der Waals surface area contributed by atoms with Gasteiger partial charge in [-0.15, -0.1) is 11.8 Å². The molecule has 156 valence electrons. The van der Waals surface area contributed by atoms with Gasteiger partial charge in [0.1, 0.15) is 12.2 Å². The Balaban J connectivity index is 1.80. The van der Waals surface area contributed by atoms with Crippen molar-refractivity contribution in [2.45, 2.75) is 43.1 Å². The maximum atomic E-state index is 9.87. The van der Waals surface area contributed by atoms with Crippen LogP contribution in [0.15, 0.2) is 72.7 Å². The minimum atomic E-state index is -0.640. The molecular formula is C23H28O5S. The second-order valence-corrected chi connectivity index (χ2v) is 7.90. The molecule has 0 unspecified atom stereocenters. The second kappa shape index (κ2) is 11.5. The highest BCUT2D eigenvalue weighted by molar-refractivity contribution is 8.02. The Bertz CT molecular complexity index is 727. The highest BCUT2D eigenvalue weighted by Crippen LogP contribution is 2.35. The first-order chi connectivity index (χ1) is 14.3. The number of rotatable bonds is 10. The molecule has 0 spiro atoms. The monoisotopic (exact) mass is 416 g/mol. The number of methoxy groups -OCH3 is 1. The fraction of sp³-hybridized carbons (Fsp3) is 0.391. The lowest BCUT2D eigenvalue weighted by molar-refractivity contribution is -0.281. The van der Waals surface area contributed by atoms with Crippen LogP contribution in [0, 0.1) is 0 Å². The predicted molar refractivity (Wildman–Crippen MR) is 114 cm³/mol. The highest BCUT2D eigenvalue weighted by Gasteiger charge is 2.47. The molecule has 1 saturated heterocycles. The van der Waals surface area contributed by atoms with Crippen molar-refractivity contribution in [2.24, 2.45) is 0 Å². The van der Waals surface area contributed by atoms with Gasteiger partial charge in [0, 0.05) is 7.11 Å². The molecular weight excluding hydrogens is 388 g/mol. The number of benzene rings is 2. The second-order valence-electron chi connectivity index (χ2n) is 6.75. The summed E-state index contributed by atoms with van der Waals surface area (Å²) in [5.41, 5.74) is 2.12. The smallest absolute Gasteiger partial charge is 0.186 e. The zero-order chi connectivity index (χ0) is 20.5. The van der Waals surface area contributed by atoms with Gasteiger partial charge in [0.05, 0.1) is 31.2 Å². The van der Waals surface area contributed by atoms with Crippen LogP contribution in [0.3, 0.4) is 0 Å². The Labute approximate surface area is 176 Å². The molecule has 29 heavy (non-hydrogen) atoms. The van der Waals surface area contributed by atoms with Gasteiger partial charge >= 0.3 is 0 Å². The molecule has 5 atom stereocenters. The van der Waals surface area contributed by atoms with Gasteiger partial charge in [0.25, 0.3) is 0 Å². The third kappa shape index (κ3) is 5.92. The van der Waals surface area contributed by atoms with E-state index in [1.807, 2.05) is 60.7 Å². The van der Waals surface area contributed by atoms with Gasteiger partial charge in [-0.05, 0) is 16.5 Å². The standard InChI is InChI=1S/C23H28O5S/c1-3-29-22-19(14-24)28-23(25-2)21(27-16-18-12-8-5-9-13-18)20(22)26-15-17-10-6-4-7-11-17/h3-13,19-24H,1,14-16H2,2H3/t19-,20-,21-,22-,23+/m1/s1. The molecule has 1 N–H and O–H groups in total. The van der Waals surface area contributed by atoms with Crippen molar-refractivity contribution in [1.29, 1.82) is 0 Å². The molecule has 5 nitrogen and oxygen atoms in total. The topological polar surface area (TPSA) is 57.2 Å². The minimum Gasteiger partial charge on any atom is -0.394 e. The molecule has 1 heterocycles. The van der Waals surface area contributed by atoms with Crippen LogP contribution in [-0.4, -0.2) is 48.7 Å². The van der Waals surface area contributed by atoms with Crippen LogP contribution < -0.4 is 0 Å². The van der Waals surface area contributed by atoms with Crippen LogP contribution >= 0.6 is 11.8 Å². The van der Waals surface area contributed by atoms with E-state index in [-0.39, 0.29) is 18.0 Å². The normalized spacial score (nSPS) is 26.9. The van der Waals surface area contributed by atoms with Gasteiger partial charge in [0.15, 0.2) is 6.29 Å². The average Bonchev–Trinajstić information content (AvgIpc) is 2.78. The number of aliphatic hydroxyl groups is 1. The average molecular weight is 417 g/mol. The van der Waals surface area contributed by atoms with Gasteiger partial charge in [-0.25, -0.2) is 0 Å². The molecule has 1 fully saturated rings. The van der Waals surface area contributed by atoms with Gasteiger partial charge in [-0.3, -0.25) is 0 Å². The largest absolute Gasteiger partial charge is 0.394 e. The summed E-state index contributed by atoms with van der Waals surface area (Å²) >= 11 is 1.48. The first-order valence-corrected chi connectivity index (χ1v) is 10.6. The van der Waals surface area contributed by atoms with Crippen molar-refractivity contribution >= 4 is 11.8 Å². The summed E-state index contributed by atoms with van der Waals surface area (Å²) in [6, 6.07) is 19.9. The molecule has 1 aliphatic rings. The lowest BCUT2D eigenvalue weighted by Crippen LogP contribution is -2.59. The van der Waals surface area contributed by atoms with E-state index in [1.54, 1.807) is 12.5 Å². The molecule has 2 aromatic carbocycles. The number of thioether (sulfide) groups is 1. The van der Waals surface area contributed by atoms with Crippen LogP contribution in [0.5, 0.6) is 0 Å². The van der Waals surface area contributed by atoms with Gasteiger partial charge in [-0.2, -0.15) is 0 Å². The lowest BCUT2D eigenvalue weighted by atomic mass is 10.0. The highest BCUT2D eigenvalue weighted by atomic mass is 32.2. The minimum absolute atomic E-state index is 0.137. The zero-order valence-electron chi connectivity index (χ0n) is 16.6. The summed E-state index contributed by atoms with van der Waals surface area (Å²) in [7, 11) is 1.58. The van der Waals surface area contributed by atoms with Crippen molar-refractivity contribution < 1.29 is 24.1 Å². The fourth-order valence-electron chi connectivity index (χ4n) is 3.39. The number of aliphatic hydroxyl groups excluding tert-OH is 1. The van der Waals surface area contributed by atoms with Crippen molar-refractivity contribution in [3.8, 4) is 0 Å². The first kappa shape index (κ1) is 22.0. The fourth-order valence-corrected chi connectivity index (χ4v) is 4.33. The van der Waals surface area contributed by atoms with Crippen LogP contribution in [0.2, 0.25) is 0 Å². The van der Waals surface area contributed by atoms with Gasteiger partial charge in [-0.1, -0.05) is 67.2 Å². The van der Waals surface area contributed by atoms with Crippen LogP contribution in [0.1, 0.15) is 11.1 Å². The summed E-state index contributed by atoms with van der Waals surface area (Å²) in [6.07, 6.45) is -1.89. The van der Waals surface area contributed by atoms with Gasteiger partial charge < -0.3 is 24.1 Å². The van der Waals surface area contributed by atoms with E-state index in [0.717, 1.165) is 11.1 Å². The lowest BCUT2D eigenvalue weighted by Gasteiger charge is -2.44. The van der Waals surface area contributed by atoms with Crippen molar-refractivity contribution in [2.75, 3.05) is 13.7 Å². The van der Waals surface area contributed by atoms with Crippen molar-refractivity contribution in [1.82, 2.24) is 0 Å². The summed E-state index contributed by atoms with van der Waals surface area (Å²) in [5.74, 6) is 0. The molecule has 3 rings (SSSR count). The molecule has 1 aliphatic heterocycles. The summed E-state index contributed by atoms with van der Waals surface area (Å²) in [5, 5.41) is 11.4. The Morgan fingerprint density at radius 2 is 1.52 bits per heavy atom. The number of ether oxygens (including phenoxy) is 4. The quantitative estimate of drug-likeness (QED) is 0.636.